The lowest BCUT2D eigenvalue weighted by Gasteiger charge is -2.20. The minimum absolute atomic E-state index is 0.0413. The zero-order valence-electron chi connectivity index (χ0n) is 17.9. The van der Waals surface area contributed by atoms with Gasteiger partial charge < -0.3 is 26.2 Å². The van der Waals surface area contributed by atoms with Gasteiger partial charge in [0.15, 0.2) is 0 Å². The van der Waals surface area contributed by atoms with Crippen LogP contribution in [0.4, 0.5) is 11.4 Å². The number of hydrogen-bond donors (Lipinski definition) is 4. The first kappa shape index (κ1) is 23.8. The normalized spacial score (nSPS) is 11.6. The monoisotopic (exact) mass is 470 g/mol. The second kappa shape index (κ2) is 9.76. The number of benzene rings is 2. The van der Waals surface area contributed by atoms with Crippen LogP contribution in [0.1, 0.15) is 32.4 Å². The lowest BCUT2D eigenvalue weighted by atomic mass is 10.1. The number of amides is 1. The van der Waals surface area contributed by atoms with Crippen LogP contribution in [-0.2, 0) is 0 Å². The van der Waals surface area contributed by atoms with E-state index in [-0.39, 0.29) is 17.8 Å². The number of aliphatic hydroxyl groups excluding tert-OH is 1. The van der Waals surface area contributed by atoms with Crippen LogP contribution in [0.5, 0.6) is 0 Å². The Balaban J connectivity index is 2.00. The van der Waals surface area contributed by atoms with E-state index < -0.39 is 29.1 Å². The molecule has 0 saturated carbocycles. The van der Waals surface area contributed by atoms with E-state index in [0.717, 1.165) is 0 Å². The number of rotatable bonds is 8. The third kappa shape index (κ3) is 5.16. The van der Waals surface area contributed by atoms with Gasteiger partial charge in [0.1, 0.15) is 5.56 Å². The highest BCUT2D eigenvalue weighted by Crippen LogP contribution is 2.25. The predicted octanol–water partition coefficient (Wildman–Crippen LogP) is 2.50. The highest BCUT2D eigenvalue weighted by molar-refractivity contribution is 6.30. The van der Waals surface area contributed by atoms with E-state index in [9.17, 15) is 24.6 Å². The average molecular weight is 471 g/mol. The molecule has 1 amide bonds. The van der Waals surface area contributed by atoms with Gasteiger partial charge in [0.2, 0.25) is 5.91 Å². The molecule has 0 spiro atoms. The molecule has 10 heteroatoms. The SMILES string of the molecule is CN(C)c1cc(C(N)=O)ccc1-n1ccc(NC[C@H](O)c2cccc(Cl)c2)c(C(=O)O)c1=O. The number of nitrogens with one attached hydrogen (secondary N) is 1. The number of hydrogen-bond acceptors (Lipinski definition) is 6. The first-order chi connectivity index (χ1) is 15.6. The summed E-state index contributed by atoms with van der Waals surface area (Å²) in [6.45, 7) is -0.0413. The van der Waals surface area contributed by atoms with E-state index in [0.29, 0.717) is 22.0 Å². The molecule has 0 aliphatic rings. The van der Waals surface area contributed by atoms with E-state index in [1.807, 2.05) is 0 Å². The van der Waals surface area contributed by atoms with Crippen molar-refractivity contribution in [1.82, 2.24) is 4.57 Å². The lowest BCUT2D eigenvalue weighted by Crippen LogP contribution is -2.28. The molecule has 0 aliphatic heterocycles. The standard InChI is InChI=1S/C23H23ClN4O5/c1-27(2)18-11-14(21(25)30)6-7-17(18)28-9-8-16(20(22(28)31)23(32)33)26-12-19(29)13-4-3-5-15(24)10-13/h3-11,19,26,29H,12H2,1-2H3,(H2,25,30)(H,32,33)/t19-/m0/s1. The summed E-state index contributed by atoms with van der Waals surface area (Å²) >= 11 is 5.95. The van der Waals surface area contributed by atoms with E-state index in [4.69, 9.17) is 17.3 Å². The summed E-state index contributed by atoms with van der Waals surface area (Å²) in [6.07, 6.45) is 0.448. The fraction of sp³-hybridized carbons (Fsp3) is 0.174. The molecule has 0 fully saturated rings. The summed E-state index contributed by atoms with van der Waals surface area (Å²) in [5.74, 6) is -2.05. The molecule has 9 nitrogen and oxygen atoms in total. The first-order valence-electron chi connectivity index (χ1n) is 9.88. The van der Waals surface area contributed by atoms with Gasteiger partial charge in [0, 0.05) is 37.4 Å². The predicted molar refractivity (Wildman–Crippen MR) is 127 cm³/mol. The number of pyridine rings is 1. The molecule has 3 aromatic rings. The number of nitrogens with zero attached hydrogens (tertiary/aromatic N) is 2. The number of nitrogens with two attached hydrogens (primary N) is 1. The van der Waals surface area contributed by atoms with Crippen molar-refractivity contribution in [2.24, 2.45) is 5.73 Å². The van der Waals surface area contributed by atoms with Crippen molar-refractivity contribution in [2.75, 3.05) is 30.9 Å². The molecule has 0 unspecified atom stereocenters. The maximum atomic E-state index is 13.1. The highest BCUT2D eigenvalue weighted by Gasteiger charge is 2.21. The van der Waals surface area contributed by atoms with Crippen LogP contribution >= 0.6 is 11.6 Å². The maximum absolute atomic E-state index is 13.1. The van der Waals surface area contributed by atoms with Gasteiger partial charge in [-0.1, -0.05) is 23.7 Å². The number of carbonyl (C=O) groups excluding carboxylic acids is 1. The third-order valence-electron chi connectivity index (χ3n) is 5.03. The minimum Gasteiger partial charge on any atom is -0.477 e. The van der Waals surface area contributed by atoms with Crippen LogP contribution in [0.25, 0.3) is 5.69 Å². The Morgan fingerprint density at radius 2 is 1.91 bits per heavy atom. The van der Waals surface area contributed by atoms with Crippen LogP contribution in [0.2, 0.25) is 5.02 Å². The summed E-state index contributed by atoms with van der Waals surface area (Å²) in [4.78, 5) is 38.3. The molecule has 0 saturated heterocycles. The second-order valence-corrected chi connectivity index (χ2v) is 7.94. The highest BCUT2D eigenvalue weighted by atomic mass is 35.5. The van der Waals surface area contributed by atoms with E-state index in [1.165, 1.54) is 35.0 Å². The number of aromatic nitrogens is 1. The van der Waals surface area contributed by atoms with Crippen LogP contribution in [0.15, 0.2) is 59.5 Å². The maximum Gasteiger partial charge on any atom is 0.343 e. The molecule has 1 heterocycles. The average Bonchev–Trinajstić information content (AvgIpc) is 2.76. The second-order valence-electron chi connectivity index (χ2n) is 7.50. The first-order valence-corrected chi connectivity index (χ1v) is 10.3. The van der Waals surface area contributed by atoms with Crippen molar-refractivity contribution in [3.8, 4) is 5.69 Å². The number of carbonyl (C=O) groups is 2. The topological polar surface area (TPSA) is 138 Å². The summed E-state index contributed by atoms with van der Waals surface area (Å²) < 4.78 is 1.18. The lowest BCUT2D eigenvalue weighted by molar-refractivity contribution is 0.0695. The number of aromatic carboxylic acids is 1. The van der Waals surface area contributed by atoms with Crippen molar-refractivity contribution < 1.29 is 19.8 Å². The molecule has 3 rings (SSSR count). The number of halogens is 1. The number of carboxylic acids is 1. The Labute approximate surface area is 194 Å². The van der Waals surface area contributed by atoms with Crippen molar-refractivity contribution in [2.45, 2.75) is 6.10 Å². The largest absolute Gasteiger partial charge is 0.477 e. The number of anilines is 2. The Hall–Kier alpha value is -3.82. The molecule has 172 valence electrons. The van der Waals surface area contributed by atoms with Crippen LogP contribution in [0, 0.1) is 0 Å². The van der Waals surface area contributed by atoms with Gasteiger partial charge in [-0.15, -0.1) is 0 Å². The molecule has 0 bridgehead atoms. The number of aliphatic hydroxyl groups is 1. The van der Waals surface area contributed by atoms with Crippen LogP contribution in [-0.4, -0.2) is 47.3 Å². The zero-order valence-corrected chi connectivity index (χ0v) is 18.7. The molecule has 5 N–H and O–H groups in total. The van der Waals surface area contributed by atoms with Gasteiger partial charge in [-0.2, -0.15) is 0 Å². The van der Waals surface area contributed by atoms with Crippen molar-refractivity contribution >= 4 is 34.9 Å². The van der Waals surface area contributed by atoms with Gasteiger partial charge in [0.05, 0.1) is 23.2 Å². The van der Waals surface area contributed by atoms with Gasteiger partial charge in [0.25, 0.3) is 5.56 Å². The molecular formula is C23H23ClN4O5. The van der Waals surface area contributed by atoms with E-state index >= 15 is 0 Å². The Bertz CT molecular complexity index is 1270. The molecular weight excluding hydrogens is 448 g/mol. The molecule has 1 atom stereocenters. The van der Waals surface area contributed by atoms with Gasteiger partial charge >= 0.3 is 5.97 Å². The quantitative estimate of drug-likeness (QED) is 0.396. The summed E-state index contributed by atoms with van der Waals surface area (Å²) in [7, 11) is 3.44. The fourth-order valence-electron chi connectivity index (χ4n) is 3.36. The van der Waals surface area contributed by atoms with Crippen molar-refractivity contribution in [1.29, 1.82) is 0 Å². The van der Waals surface area contributed by atoms with Crippen molar-refractivity contribution in [3.63, 3.8) is 0 Å². The van der Waals surface area contributed by atoms with Crippen LogP contribution < -0.4 is 21.5 Å². The fourth-order valence-corrected chi connectivity index (χ4v) is 3.56. The Morgan fingerprint density at radius 1 is 1.18 bits per heavy atom. The van der Waals surface area contributed by atoms with Gasteiger partial charge in [-0.05, 0) is 42.0 Å². The summed E-state index contributed by atoms with van der Waals surface area (Å²) in [6, 6.07) is 12.6. The molecule has 33 heavy (non-hydrogen) atoms. The summed E-state index contributed by atoms with van der Waals surface area (Å²) in [5, 5.41) is 23.4. The smallest absolute Gasteiger partial charge is 0.343 e. The van der Waals surface area contributed by atoms with Crippen LogP contribution in [0.3, 0.4) is 0 Å². The Kier molecular flexibility index (Phi) is 7.05. The van der Waals surface area contributed by atoms with E-state index in [2.05, 4.69) is 5.32 Å². The van der Waals surface area contributed by atoms with E-state index in [1.54, 1.807) is 43.3 Å². The molecule has 2 aromatic carbocycles. The molecule has 0 radical (unpaired) electrons. The minimum atomic E-state index is -1.42. The molecule has 0 aliphatic carbocycles. The third-order valence-corrected chi connectivity index (χ3v) is 5.26. The number of carboxylic acid groups (broad SMARTS) is 1. The van der Waals surface area contributed by atoms with Gasteiger partial charge in [-0.3, -0.25) is 14.2 Å². The number of primary amides is 1. The molecule has 1 aromatic heterocycles. The summed E-state index contributed by atoms with van der Waals surface area (Å²) in [5.41, 5.74) is 5.83. The van der Waals surface area contributed by atoms with Gasteiger partial charge in [-0.25, -0.2) is 4.79 Å². The van der Waals surface area contributed by atoms with Crippen molar-refractivity contribution in [3.05, 3.63) is 86.8 Å². The Morgan fingerprint density at radius 3 is 2.52 bits per heavy atom. The zero-order chi connectivity index (χ0) is 24.3.